The largest absolute Gasteiger partial charge is 0.456 e. The molecule has 1 aromatic heterocycles. The number of thiophene rings is 1. The molecule has 228 valence electrons. The van der Waals surface area contributed by atoms with Crippen LogP contribution in [-0.2, 0) is 15.1 Å². The first-order chi connectivity index (χ1) is 21.1. The lowest BCUT2D eigenvalue weighted by atomic mass is 9.70. The molecule has 8 N–H and O–H groups in total. The molecular formula is C32H33ClN6O4S. The van der Waals surface area contributed by atoms with E-state index in [0.717, 1.165) is 12.8 Å². The van der Waals surface area contributed by atoms with E-state index in [1.165, 1.54) is 11.3 Å². The third-order valence-electron chi connectivity index (χ3n) is 8.31. The highest BCUT2D eigenvalue weighted by atomic mass is 35.5. The van der Waals surface area contributed by atoms with Crippen LogP contribution in [-0.4, -0.2) is 55.2 Å². The lowest BCUT2D eigenvalue weighted by Crippen LogP contribution is -2.53. The number of piperidine rings is 1. The number of nitrogens with two attached hydrogens (primary N) is 3. The second-order valence-corrected chi connectivity index (χ2v) is 12.6. The molecule has 0 radical (unpaired) electrons. The van der Waals surface area contributed by atoms with E-state index >= 15 is 0 Å². The maximum Gasteiger partial charge on any atom is 0.262 e. The lowest BCUT2D eigenvalue weighted by molar-refractivity contribution is -0.131. The molecule has 0 saturated carbocycles. The van der Waals surface area contributed by atoms with Crippen LogP contribution in [0.1, 0.15) is 45.2 Å². The Bertz CT molecular complexity index is 1780. The number of carbonyl (C=O) groups is 3. The summed E-state index contributed by atoms with van der Waals surface area (Å²) in [6.45, 7) is 1.28. The van der Waals surface area contributed by atoms with Crippen LogP contribution in [0.3, 0.4) is 0 Å². The van der Waals surface area contributed by atoms with Crippen LogP contribution in [0.5, 0.6) is 11.5 Å². The zero-order valence-electron chi connectivity index (χ0n) is 24.1. The van der Waals surface area contributed by atoms with Crippen molar-refractivity contribution in [2.75, 3.05) is 32.4 Å². The van der Waals surface area contributed by atoms with Crippen molar-refractivity contribution in [1.82, 2.24) is 15.5 Å². The predicted octanol–water partition coefficient (Wildman–Crippen LogP) is 3.65. The zero-order valence-corrected chi connectivity index (χ0v) is 25.6. The highest BCUT2D eigenvalue weighted by Gasteiger charge is 2.49. The summed E-state index contributed by atoms with van der Waals surface area (Å²) in [4.78, 5) is 42.4. The molecule has 3 atom stereocenters. The van der Waals surface area contributed by atoms with E-state index in [1.54, 1.807) is 42.3 Å². The van der Waals surface area contributed by atoms with Gasteiger partial charge in [-0.2, -0.15) is 0 Å². The van der Waals surface area contributed by atoms with Crippen LogP contribution in [0.4, 0.5) is 5.69 Å². The van der Waals surface area contributed by atoms with Crippen molar-refractivity contribution >= 4 is 56.3 Å². The number of hydrogen-bond donors (Lipinski definition) is 5. The molecule has 4 aromatic rings. The van der Waals surface area contributed by atoms with Gasteiger partial charge in [-0.3, -0.25) is 14.4 Å². The smallest absolute Gasteiger partial charge is 0.262 e. The number of nitrogen functional groups attached to an aromatic ring is 1. The summed E-state index contributed by atoms with van der Waals surface area (Å²) in [6.07, 6.45) is 1.49. The molecule has 3 unspecified atom stereocenters. The number of likely N-dealkylation sites (N-methyl/N-ethyl adjacent to an activating group) is 1. The van der Waals surface area contributed by atoms with Crippen molar-refractivity contribution in [2.24, 2.45) is 11.5 Å². The second-order valence-electron chi connectivity index (χ2n) is 11.1. The van der Waals surface area contributed by atoms with Crippen LogP contribution < -0.4 is 32.6 Å². The third kappa shape index (κ3) is 5.10. The number of benzene rings is 3. The average Bonchev–Trinajstić information content (AvgIpc) is 3.43. The van der Waals surface area contributed by atoms with Crippen molar-refractivity contribution in [3.8, 4) is 11.5 Å². The number of ketones is 1. The van der Waals surface area contributed by atoms with Gasteiger partial charge >= 0.3 is 0 Å². The fourth-order valence-electron chi connectivity index (χ4n) is 6.13. The number of anilines is 1. The van der Waals surface area contributed by atoms with Gasteiger partial charge < -0.3 is 37.5 Å². The topological polar surface area (TPSA) is 166 Å². The number of Topliss-reactive ketones (excluding diaryl/α,β-unsaturated/α-hetero) is 1. The average molecular weight is 633 g/mol. The van der Waals surface area contributed by atoms with Crippen molar-refractivity contribution < 1.29 is 19.1 Å². The number of nitrogens with zero attached hydrogens (tertiary/aromatic N) is 1. The molecule has 1 saturated heterocycles. The molecule has 2 aliphatic rings. The van der Waals surface area contributed by atoms with Gasteiger partial charge in [-0.05, 0) is 61.3 Å². The van der Waals surface area contributed by atoms with Gasteiger partial charge in [0, 0.05) is 35.8 Å². The molecular weight excluding hydrogens is 600 g/mol. The van der Waals surface area contributed by atoms with Crippen LogP contribution in [0.2, 0.25) is 5.02 Å². The molecule has 1 fully saturated rings. The third-order valence-corrected chi connectivity index (χ3v) is 9.86. The number of amides is 2. The number of likely N-dealkylation sites (tertiary alicyclic amines) is 1. The molecule has 6 rings (SSSR count). The summed E-state index contributed by atoms with van der Waals surface area (Å²) in [6, 6.07) is 16.2. The standard InChI is InChI=1S/C32H33ClN6O4S/c1-37-15-24(40)39-13-5-6-18(16-39)38-31(42)29-26-25-20(10-11-22(34)28(25)44-29)32(36,30(41)27(26)35)17-9-12-23(21(33)14-17)43-19-7-3-2-4-8-19/h2-4,7-12,14,18,27,37H,5-6,13,15-16,34-36H2,1H3,(H,38,42). The molecule has 1 aliphatic carbocycles. The maximum absolute atomic E-state index is 14.1. The number of rotatable bonds is 7. The van der Waals surface area contributed by atoms with Gasteiger partial charge in [0.2, 0.25) is 5.91 Å². The summed E-state index contributed by atoms with van der Waals surface area (Å²) in [5.41, 5.74) is 20.2. The van der Waals surface area contributed by atoms with Crippen LogP contribution in [0.25, 0.3) is 10.1 Å². The molecule has 2 heterocycles. The minimum atomic E-state index is -1.65. The van der Waals surface area contributed by atoms with Crippen molar-refractivity contribution in [1.29, 1.82) is 0 Å². The van der Waals surface area contributed by atoms with Crippen LogP contribution in [0, 0.1) is 0 Å². The van der Waals surface area contributed by atoms with Gasteiger partial charge in [-0.15, -0.1) is 11.3 Å². The Kier molecular flexibility index (Phi) is 8.08. The van der Waals surface area contributed by atoms with Gasteiger partial charge in [0.25, 0.3) is 5.91 Å². The first-order valence-corrected chi connectivity index (χ1v) is 15.5. The summed E-state index contributed by atoms with van der Waals surface area (Å²) in [5, 5.41) is 6.82. The van der Waals surface area contributed by atoms with Crippen LogP contribution >= 0.6 is 22.9 Å². The zero-order chi connectivity index (χ0) is 31.2. The number of nitrogens with one attached hydrogen (secondary N) is 2. The Hall–Kier alpha value is -4.00. The van der Waals surface area contributed by atoms with E-state index in [2.05, 4.69) is 10.6 Å². The number of halogens is 1. The summed E-state index contributed by atoms with van der Waals surface area (Å²) in [7, 11) is 1.72. The summed E-state index contributed by atoms with van der Waals surface area (Å²) >= 11 is 7.82. The van der Waals surface area contributed by atoms with E-state index in [9.17, 15) is 14.4 Å². The summed E-state index contributed by atoms with van der Waals surface area (Å²) < 4.78 is 6.55. The van der Waals surface area contributed by atoms with Gasteiger partial charge in [0.05, 0.1) is 27.2 Å². The molecule has 2 amide bonds. The SMILES string of the molecule is CNCC(=O)N1CCCC(NC(=O)c2sc3c(N)ccc4c3c2C(N)C(=O)C4(N)c2ccc(Oc3ccccc3)c(Cl)c2)C1. The van der Waals surface area contributed by atoms with Gasteiger partial charge in [-0.1, -0.05) is 41.9 Å². The van der Waals surface area contributed by atoms with E-state index < -0.39 is 17.4 Å². The van der Waals surface area contributed by atoms with Gasteiger partial charge in [0.15, 0.2) is 5.78 Å². The Balaban J connectivity index is 1.36. The van der Waals surface area contributed by atoms with Gasteiger partial charge in [-0.25, -0.2) is 0 Å². The molecule has 0 spiro atoms. The highest BCUT2D eigenvalue weighted by Crippen LogP contribution is 2.50. The second kappa shape index (κ2) is 11.8. The molecule has 10 nitrogen and oxygen atoms in total. The van der Waals surface area contributed by atoms with E-state index in [1.807, 2.05) is 30.3 Å². The quantitative estimate of drug-likeness (QED) is 0.193. The predicted molar refractivity (Wildman–Crippen MR) is 172 cm³/mol. The first-order valence-electron chi connectivity index (χ1n) is 14.3. The van der Waals surface area contributed by atoms with Crippen molar-refractivity contribution in [2.45, 2.75) is 30.5 Å². The van der Waals surface area contributed by atoms with E-state index in [-0.39, 0.29) is 29.4 Å². The maximum atomic E-state index is 14.1. The van der Waals surface area contributed by atoms with Gasteiger partial charge in [0.1, 0.15) is 17.0 Å². The number of carbonyl (C=O) groups excluding carboxylic acids is 3. The minimum Gasteiger partial charge on any atom is -0.456 e. The fourth-order valence-corrected chi connectivity index (χ4v) is 7.55. The van der Waals surface area contributed by atoms with Crippen molar-refractivity contribution in [3.05, 3.63) is 87.3 Å². The molecule has 1 aliphatic heterocycles. The highest BCUT2D eigenvalue weighted by molar-refractivity contribution is 7.21. The van der Waals surface area contributed by atoms with Crippen LogP contribution in [0.15, 0.2) is 60.7 Å². The Morgan fingerprint density at radius 3 is 2.66 bits per heavy atom. The van der Waals surface area contributed by atoms with Crippen molar-refractivity contribution in [3.63, 3.8) is 0 Å². The number of hydrogen-bond acceptors (Lipinski definition) is 9. The fraction of sp³-hybridized carbons (Fsp3) is 0.281. The number of ether oxygens (including phenoxy) is 1. The molecule has 44 heavy (non-hydrogen) atoms. The Labute approximate surface area is 263 Å². The Morgan fingerprint density at radius 1 is 1.16 bits per heavy atom. The molecule has 3 aromatic carbocycles. The van der Waals surface area contributed by atoms with E-state index in [0.29, 0.717) is 61.9 Å². The Morgan fingerprint density at radius 2 is 1.93 bits per heavy atom. The number of para-hydroxylation sites is 1. The lowest BCUT2D eigenvalue weighted by Gasteiger charge is -2.37. The van der Waals surface area contributed by atoms with E-state index in [4.69, 9.17) is 33.5 Å². The molecule has 0 bridgehead atoms. The first kappa shape index (κ1) is 30.0. The molecule has 12 heteroatoms. The monoisotopic (exact) mass is 632 g/mol. The minimum absolute atomic E-state index is 0.0208. The summed E-state index contributed by atoms with van der Waals surface area (Å²) in [5.74, 6) is 0.159. The normalized spacial score (nSPS) is 21.4.